The minimum atomic E-state index is -0.143. The van der Waals surface area contributed by atoms with Crippen LogP contribution in [-0.2, 0) is 6.42 Å². The molecule has 0 fully saturated rings. The molecule has 24 heavy (non-hydrogen) atoms. The van der Waals surface area contributed by atoms with E-state index in [0.29, 0.717) is 6.54 Å². The SMILES string of the molecule is COc1ccc(CCNC(=O)NC(C)c2cc(C)cc(C)c2)cc1. The molecule has 0 saturated carbocycles. The first-order valence-electron chi connectivity index (χ1n) is 8.23. The summed E-state index contributed by atoms with van der Waals surface area (Å²) in [6.07, 6.45) is 0.787. The quantitative estimate of drug-likeness (QED) is 0.845. The number of rotatable bonds is 6. The molecule has 0 radical (unpaired) electrons. The van der Waals surface area contributed by atoms with Gasteiger partial charge in [-0.3, -0.25) is 0 Å². The van der Waals surface area contributed by atoms with E-state index in [9.17, 15) is 4.79 Å². The summed E-state index contributed by atoms with van der Waals surface area (Å²) in [5.74, 6) is 0.840. The Labute approximate surface area is 144 Å². The molecule has 128 valence electrons. The van der Waals surface area contributed by atoms with Crippen molar-refractivity contribution in [3.8, 4) is 5.75 Å². The van der Waals surface area contributed by atoms with Crippen molar-refractivity contribution in [2.45, 2.75) is 33.2 Å². The highest BCUT2D eigenvalue weighted by Crippen LogP contribution is 2.16. The van der Waals surface area contributed by atoms with Crippen molar-refractivity contribution in [3.63, 3.8) is 0 Å². The molecule has 0 aliphatic heterocycles. The number of urea groups is 1. The molecule has 2 aromatic rings. The molecule has 0 aliphatic rings. The van der Waals surface area contributed by atoms with Crippen molar-refractivity contribution in [3.05, 3.63) is 64.7 Å². The fraction of sp³-hybridized carbons (Fsp3) is 0.350. The number of aryl methyl sites for hydroxylation is 2. The van der Waals surface area contributed by atoms with E-state index in [2.05, 4.69) is 42.7 Å². The third kappa shape index (κ3) is 5.30. The predicted molar refractivity (Wildman–Crippen MR) is 97.6 cm³/mol. The molecule has 0 heterocycles. The van der Waals surface area contributed by atoms with Crippen LogP contribution >= 0.6 is 0 Å². The van der Waals surface area contributed by atoms with Crippen LogP contribution in [-0.4, -0.2) is 19.7 Å². The molecule has 2 amide bonds. The van der Waals surface area contributed by atoms with Crippen molar-refractivity contribution in [1.29, 1.82) is 0 Å². The van der Waals surface area contributed by atoms with Gasteiger partial charge in [0.2, 0.25) is 0 Å². The summed E-state index contributed by atoms with van der Waals surface area (Å²) in [7, 11) is 1.65. The summed E-state index contributed by atoms with van der Waals surface area (Å²) in [5, 5.41) is 5.89. The normalized spacial score (nSPS) is 11.7. The zero-order valence-electron chi connectivity index (χ0n) is 14.8. The summed E-state index contributed by atoms with van der Waals surface area (Å²) in [5.41, 5.74) is 4.70. The van der Waals surface area contributed by atoms with Crippen LogP contribution in [0, 0.1) is 13.8 Å². The van der Waals surface area contributed by atoms with E-state index in [1.807, 2.05) is 31.2 Å². The number of hydrogen-bond acceptors (Lipinski definition) is 2. The predicted octanol–water partition coefficient (Wildman–Crippen LogP) is 3.91. The standard InChI is InChI=1S/C20H26N2O2/c1-14-11-15(2)13-18(12-14)16(3)22-20(23)21-10-9-17-5-7-19(24-4)8-6-17/h5-8,11-13,16H,9-10H2,1-4H3,(H2,21,22,23). The van der Waals surface area contributed by atoms with Crippen LogP contribution in [0.5, 0.6) is 5.75 Å². The highest BCUT2D eigenvalue weighted by atomic mass is 16.5. The molecule has 1 atom stereocenters. The first kappa shape index (κ1) is 17.9. The maximum atomic E-state index is 12.0. The Balaban J connectivity index is 1.79. The third-order valence-corrected chi connectivity index (χ3v) is 3.95. The molecule has 4 heteroatoms. The van der Waals surface area contributed by atoms with Gasteiger partial charge < -0.3 is 15.4 Å². The smallest absolute Gasteiger partial charge is 0.315 e. The monoisotopic (exact) mass is 326 g/mol. The Bertz CT molecular complexity index is 660. The fourth-order valence-corrected chi connectivity index (χ4v) is 2.70. The van der Waals surface area contributed by atoms with Gasteiger partial charge in [-0.1, -0.05) is 41.5 Å². The van der Waals surface area contributed by atoms with E-state index in [-0.39, 0.29) is 12.1 Å². The van der Waals surface area contributed by atoms with Crippen LogP contribution < -0.4 is 15.4 Å². The van der Waals surface area contributed by atoms with Gasteiger partial charge in [-0.2, -0.15) is 0 Å². The summed E-state index contributed by atoms with van der Waals surface area (Å²) >= 11 is 0. The van der Waals surface area contributed by atoms with Crippen LogP contribution in [0.25, 0.3) is 0 Å². The van der Waals surface area contributed by atoms with Gasteiger partial charge in [0.05, 0.1) is 13.2 Å². The summed E-state index contributed by atoms with van der Waals surface area (Å²) in [6, 6.07) is 14.1. The topological polar surface area (TPSA) is 50.4 Å². The number of nitrogens with one attached hydrogen (secondary N) is 2. The number of carbonyl (C=O) groups is 1. The Morgan fingerprint density at radius 1 is 1.08 bits per heavy atom. The van der Waals surface area contributed by atoms with E-state index < -0.39 is 0 Å². The minimum Gasteiger partial charge on any atom is -0.497 e. The van der Waals surface area contributed by atoms with Crippen molar-refractivity contribution in [2.24, 2.45) is 0 Å². The van der Waals surface area contributed by atoms with Gasteiger partial charge in [0.1, 0.15) is 5.75 Å². The fourth-order valence-electron chi connectivity index (χ4n) is 2.70. The zero-order valence-corrected chi connectivity index (χ0v) is 14.8. The largest absolute Gasteiger partial charge is 0.497 e. The second-order valence-electron chi connectivity index (χ2n) is 6.14. The number of methoxy groups -OCH3 is 1. The van der Waals surface area contributed by atoms with E-state index in [4.69, 9.17) is 4.74 Å². The Kier molecular flexibility index (Phi) is 6.24. The van der Waals surface area contributed by atoms with Gasteiger partial charge in [-0.25, -0.2) is 4.79 Å². The summed E-state index contributed by atoms with van der Waals surface area (Å²) in [4.78, 5) is 12.0. The Morgan fingerprint density at radius 2 is 1.71 bits per heavy atom. The molecule has 2 N–H and O–H groups in total. The van der Waals surface area contributed by atoms with Crippen LogP contribution in [0.1, 0.15) is 35.2 Å². The number of carbonyl (C=O) groups excluding carboxylic acids is 1. The van der Waals surface area contributed by atoms with Crippen molar-refractivity contribution < 1.29 is 9.53 Å². The van der Waals surface area contributed by atoms with Crippen LogP contribution in [0.2, 0.25) is 0 Å². The van der Waals surface area contributed by atoms with Gasteiger partial charge in [0.25, 0.3) is 0 Å². The number of benzene rings is 2. The molecule has 1 unspecified atom stereocenters. The van der Waals surface area contributed by atoms with Gasteiger partial charge >= 0.3 is 6.03 Å². The molecular weight excluding hydrogens is 300 g/mol. The molecule has 0 aromatic heterocycles. The molecular formula is C20H26N2O2. The van der Waals surface area contributed by atoms with Crippen LogP contribution in [0.15, 0.2) is 42.5 Å². The van der Waals surface area contributed by atoms with Crippen molar-refractivity contribution >= 4 is 6.03 Å². The summed E-state index contributed by atoms with van der Waals surface area (Å²) < 4.78 is 5.13. The molecule has 0 spiro atoms. The van der Waals surface area contributed by atoms with Gasteiger partial charge in [0, 0.05) is 6.54 Å². The van der Waals surface area contributed by atoms with Gasteiger partial charge in [0.15, 0.2) is 0 Å². The third-order valence-electron chi connectivity index (χ3n) is 3.95. The summed E-state index contributed by atoms with van der Waals surface area (Å²) in [6.45, 7) is 6.73. The maximum absolute atomic E-state index is 12.0. The average Bonchev–Trinajstić information content (AvgIpc) is 2.54. The minimum absolute atomic E-state index is 0.0235. The van der Waals surface area contributed by atoms with E-state index in [0.717, 1.165) is 17.7 Å². The molecule has 2 aromatic carbocycles. The highest BCUT2D eigenvalue weighted by molar-refractivity contribution is 5.74. The first-order chi connectivity index (χ1) is 11.5. The average molecular weight is 326 g/mol. The number of hydrogen-bond donors (Lipinski definition) is 2. The second kappa shape index (κ2) is 8.39. The van der Waals surface area contributed by atoms with E-state index in [1.165, 1.54) is 16.7 Å². The highest BCUT2D eigenvalue weighted by Gasteiger charge is 2.09. The molecule has 4 nitrogen and oxygen atoms in total. The van der Waals surface area contributed by atoms with Crippen LogP contribution in [0.4, 0.5) is 4.79 Å². The number of amides is 2. The van der Waals surface area contributed by atoms with Crippen molar-refractivity contribution in [1.82, 2.24) is 10.6 Å². The lowest BCUT2D eigenvalue weighted by Crippen LogP contribution is -2.38. The Hall–Kier alpha value is -2.49. The second-order valence-corrected chi connectivity index (χ2v) is 6.14. The lowest BCUT2D eigenvalue weighted by atomic mass is 10.0. The maximum Gasteiger partial charge on any atom is 0.315 e. The Morgan fingerprint density at radius 3 is 2.29 bits per heavy atom. The van der Waals surface area contributed by atoms with E-state index in [1.54, 1.807) is 7.11 Å². The zero-order chi connectivity index (χ0) is 17.5. The molecule has 0 aliphatic carbocycles. The van der Waals surface area contributed by atoms with Gasteiger partial charge in [-0.15, -0.1) is 0 Å². The molecule has 2 rings (SSSR count). The van der Waals surface area contributed by atoms with E-state index >= 15 is 0 Å². The van der Waals surface area contributed by atoms with Crippen LogP contribution in [0.3, 0.4) is 0 Å². The number of ether oxygens (including phenoxy) is 1. The molecule has 0 saturated heterocycles. The lowest BCUT2D eigenvalue weighted by molar-refractivity contribution is 0.238. The first-order valence-corrected chi connectivity index (χ1v) is 8.23. The van der Waals surface area contributed by atoms with Crippen molar-refractivity contribution in [2.75, 3.05) is 13.7 Å². The molecule has 0 bridgehead atoms. The lowest BCUT2D eigenvalue weighted by Gasteiger charge is -2.16. The van der Waals surface area contributed by atoms with Gasteiger partial charge in [-0.05, 0) is 50.5 Å².